The smallest absolute Gasteiger partial charge is 0.201 e. The van der Waals surface area contributed by atoms with E-state index in [2.05, 4.69) is 0 Å². The predicted molar refractivity (Wildman–Crippen MR) is 62.5 cm³/mol. The Bertz CT molecular complexity index is 573. The van der Waals surface area contributed by atoms with Crippen LogP contribution in [0.4, 0.5) is 0 Å². The van der Waals surface area contributed by atoms with E-state index in [0.29, 0.717) is 5.56 Å². The summed E-state index contributed by atoms with van der Waals surface area (Å²) < 4.78 is 24.9. The molecule has 0 aliphatic carbocycles. The normalized spacial score (nSPS) is 14.1. The van der Waals surface area contributed by atoms with E-state index in [4.69, 9.17) is 4.11 Å². The Morgan fingerprint density at radius 2 is 1.87 bits per heavy atom. The molecule has 0 saturated heterocycles. The third-order valence-electron chi connectivity index (χ3n) is 2.58. The average molecular weight is 201 g/mol. The molecule has 0 spiro atoms. The molecule has 0 radical (unpaired) electrons. The van der Waals surface area contributed by atoms with Crippen LogP contribution in [-0.4, -0.2) is 0 Å². The van der Waals surface area contributed by atoms with Gasteiger partial charge in [-0.3, -0.25) is 0 Å². The van der Waals surface area contributed by atoms with Crippen molar-refractivity contribution in [1.82, 2.24) is 0 Å². The molecule has 0 bridgehead atoms. The molecule has 76 valence electrons. The van der Waals surface area contributed by atoms with E-state index in [-0.39, 0.29) is 0 Å². The lowest BCUT2D eigenvalue weighted by Crippen LogP contribution is -2.30. The van der Waals surface area contributed by atoms with Crippen LogP contribution >= 0.6 is 0 Å². The lowest BCUT2D eigenvalue weighted by molar-refractivity contribution is -0.660. The highest BCUT2D eigenvalue weighted by Gasteiger charge is 2.12. The van der Waals surface area contributed by atoms with Gasteiger partial charge in [0.05, 0.1) is 5.56 Å². The van der Waals surface area contributed by atoms with E-state index < -0.39 is 6.85 Å². The third-order valence-corrected chi connectivity index (χ3v) is 2.58. The summed E-state index contributed by atoms with van der Waals surface area (Å²) in [7, 11) is 1.92. The van der Waals surface area contributed by atoms with E-state index in [1.165, 1.54) is 0 Å². The first-order chi connectivity index (χ1) is 8.41. The topological polar surface area (TPSA) is 3.88 Å². The van der Waals surface area contributed by atoms with Crippen molar-refractivity contribution in [1.29, 1.82) is 0 Å². The highest BCUT2D eigenvalue weighted by atomic mass is 14.9. The summed E-state index contributed by atoms with van der Waals surface area (Å²) in [5.41, 5.74) is 3.11. The molecule has 1 heterocycles. The molecule has 0 atom stereocenters. The second kappa shape index (κ2) is 3.85. The maximum Gasteiger partial charge on any atom is 0.212 e. The highest BCUT2D eigenvalue weighted by Crippen LogP contribution is 2.23. The van der Waals surface area contributed by atoms with Crippen molar-refractivity contribution in [2.75, 3.05) is 0 Å². The Morgan fingerprint density at radius 3 is 2.60 bits per heavy atom. The van der Waals surface area contributed by atoms with Crippen LogP contribution in [0.1, 0.15) is 15.2 Å². The van der Waals surface area contributed by atoms with Gasteiger partial charge in [-0.25, -0.2) is 4.57 Å². The Labute approximate surface area is 95.2 Å². The van der Waals surface area contributed by atoms with Gasteiger partial charge in [0.15, 0.2) is 6.20 Å². The summed E-state index contributed by atoms with van der Waals surface area (Å²) in [6.45, 7) is -0.151. The second-order valence-corrected chi connectivity index (χ2v) is 3.69. The fraction of sp³-hybridized carbons (Fsp3) is 0.214. The Kier molecular flexibility index (Phi) is 1.74. The monoisotopic (exact) mass is 201 g/mol. The number of aryl methyl sites for hydroxylation is 3. The molecule has 0 N–H and O–H groups in total. The Balaban J connectivity index is 2.75. The van der Waals surface area contributed by atoms with Gasteiger partial charge in [-0.1, -0.05) is 18.2 Å². The minimum atomic E-state index is -2.09. The average Bonchev–Trinajstić information content (AvgIpc) is 2.29. The quantitative estimate of drug-likeness (QED) is 0.625. The number of nitrogens with zero attached hydrogens (tertiary/aromatic N) is 1. The van der Waals surface area contributed by atoms with Crippen molar-refractivity contribution in [3.05, 3.63) is 53.7 Å². The fourth-order valence-corrected chi connectivity index (χ4v) is 1.79. The van der Waals surface area contributed by atoms with E-state index in [1.807, 2.05) is 49.0 Å². The van der Waals surface area contributed by atoms with Crippen molar-refractivity contribution in [2.45, 2.75) is 13.8 Å². The zero-order chi connectivity index (χ0) is 13.3. The number of rotatable bonds is 1. The van der Waals surface area contributed by atoms with Crippen LogP contribution in [0, 0.1) is 13.8 Å². The Morgan fingerprint density at radius 1 is 1.07 bits per heavy atom. The lowest BCUT2D eigenvalue weighted by Gasteiger charge is -2.07. The lowest BCUT2D eigenvalue weighted by atomic mass is 9.99. The molecule has 1 aromatic heterocycles. The van der Waals surface area contributed by atoms with Gasteiger partial charge >= 0.3 is 0 Å². The molecular weight excluding hydrogens is 182 g/mol. The molecular formula is C14H16N+. The van der Waals surface area contributed by atoms with Crippen LogP contribution in [0.5, 0.6) is 0 Å². The van der Waals surface area contributed by atoms with Crippen LogP contribution in [0.2, 0.25) is 0 Å². The summed E-state index contributed by atoms with van der Waals surface area (Å²) in [6.07, 6.45) is 1.92. The summed E-state index contributed by atoms with van der Waals surface area (Å²) >= 11 is 0. The van der Waals surface area contributed by atoms with E-state index in [1.54, 1.807) is 12.1 Å². The third kappa shape index (κ3) is 1.78. The molecule has 2 rings (SSSR count). The van der Waals surface area contributed by atoms with Gasteiger partial charge in [0.2, 0.25) is 5.69 Å². The van der Waals surface area contributed by atoms with E-state index >= 15 is 0 Å². The molecule has 1 aromatic carbocycles. The molecule has 2 aromatic rings. The molecule has 0 aliphatic rings. The molecule has 15 heavy (non-hydrogen) atoms. The zero-order valence-electron chi connectivity index (χ0n) is 12.0. The number of hydrogen-bond acceptors (Lipinski definition) is 0. The summed E-state index contributed by atoms with van der Waals surface area (Å²) in [6, 6.07) is 11.2. The van der Waals surface area contributed by atoms with Crippen LogP contribution in [-0.2, 0) is 7.05 Å². The summed E-state index contributed by atoms with van der Waals surface area (Å²) in [5.74, 6) is 0. The van der Waals surface area contributed by atoms with Crippen molar-refractivity contribution in [3.8, 4) is 11.3 Å². The summed E-state index contributed by atoms with van der Waals surface area (Å²) in [4.78, 5) is 0. The van der Waals surface area contributed by atoms with Crippen LogP contribution < -0.4 is 4.57 Å². The minimum absolute atomic E-state index is 0.407. The van der Waals surface area contributed by atoms with E-state index in [0.717, 1.165) is 16.8 Å². The maximum atomic E-state index is 7.65. The van der Waals surface area contributed by atoms with Crippen molar-refractivity contribution < 1.29 is 8.68 Å². The van der Waals surface area contributed by atoms with E-state index in [9.17, 15) is 0 Å². The largest absolute Gasteiger partial charge is 0.212 e. The highest BCUT2D eigenvalue weighted by molar-refractivity contribution is 5.64. The van der Waals surface area contributed by atoms with Gasteiger partial charge in [0.25, 0.3) is 0 Å². The number of pyridine rings is 1. The predicted octanol–water partition coefficient (Wildman–Crippen LogP) is 2.79. The zero-order valence-corrected chi connectivity index (χ0v) is 8.99. The molecule has 1 heteroatoms. The van der Waals surface area contributed by atoms with Crippen LogP contribution in [0.15, 0.2) is 42.6 Å². The molecule has 1 nitrogen and oxygen atoms in total. The number of benzene rings is 1. The van der Waals surface area contributed by atoms with Crippen molar-refractivity contribution >= 4 is 0 Å². The Hall–Kier alpha value is -1.63. The molecule has 0 saturated carbocycles. The molecule has 0 unspecified atom stereocenters. The minimum Gasteiger partial charge on any atom is -0.201 e. The van der Waals surface area contributed by atoms with Gasteiger partial charge in [-0.2, -0.15) is 0 Å². The van der Waals surface area contributed by atoms with Crippen LogP contribution in [0.25, 0.3) is 11.3 Å². The molecule has 0 aliphatic heterocycles. The molecule has 0 amide bonds. The number of aromatic nitrogens is 1. The van der Waals surface area contributed by atoms with Gasteiger partial charge in [-0.15, -0.1) is 0 Å². The fourth-order valence-electron chi connectivity index (χ4n) is 1.79. The van der Waals surface area contributed by atoms with Gasteiger partial charge in [0.1, 0.15) is 7.05 Å². The SMILES string of the molecule is [2H]C([2H])([2H])c1cccc(C)c1-c1cccc[n+]1C. The van der Waals surface area contributed by atoms with Crippen LogP contribution in [0.3, 0.4) is 0 Å². The van der Waals surface area contributed by atoms with Gasteiger partial charge in [-0.05, 0) is 31.0 Å². The molecule has 0 fully saturated rings. The van der Waals surface area contributed by atoms with Gasteiger partial charge < -0.3 is 0 Å². The first kappa shape index (κ1) is 6.78. The maximum absolute atomic E-state index is 7.65. The number of hydrogen-bond donors (Lipinski definition) is 0. The second-order valence-electron chi connectivity index (χ2n) is 3.69. The summed E-state index contributed by atoms with van der Waals surface area (Å²) in [5, 5.41) is 0. The van der Waals surface area contributed by atoms with Crippen molar-refractivity contribution in [3.63, 3.8) is 0 Å². The van der Waals surface area contributed by atoms with Crippen molar-refractivity contribution in [2.24, 2.45) is 7.05 Å². The first-order valence-electron chi connectivity index (χ1n) is 6.46. The standard InChI is InChI=1S/C14H16N/c1-11-7-6-8-12(2)14(11)13-9-4-5-10-15(13)3/h4-10H,1-3H3/q+1/i1D3. The first-order valence-corrected chi connectivity index (χ1v) is 4.96. The van der Waals surface area contributed by atoms with Gasteiger partial charge in [0, 0.05) is 16.2 Å².